The summed E-state index contributed by atoms with van der Waals surface area (Å²) in [7, 11) is 0. The third-order valence-electron chi connectivity index (χ3n) is 2.92. The van der Waals surface area contributed by atoms with Crippen LogP contribution in [0.15, 0.2) is 0 Å². The summed E-state index contributed by atoms with van der Waals surface area (Å²) in [6.45, 7) is -0.284. The second-order valence-corrected chi connectivity index (χ2v) is 4.50. The van der Waals surface area contributed by atoms with E-state index in [1.165, 1.54) is 0 Å². The molecule has 110 valence electrons. The normalized spacial score (nSPS) is 28.0. The van der Waals surface area contributed by atoms with Crippen molar-refractivity contribution >= 4 is 35.4 Å². The predicted octanol–water partition coefficient (Wildman–Crippen LogP) is -5.73. The summed E-state index contributed by atoms with van der Waals surface area (Å²) in [5.74, 6) is -4.35. The van der Waals surface area contributed by atoms with Gasteiger partial charge in [-0.3, -0.25) is 19.2 Å². The van der Waals surface area contributed by atoms with Crippen LogP contribution in [0.3, 0.4) is 0 Å². The van der Waals surface area contributed by atoms with Gasteiger partial charge >= 0.3 is 35.5 Å². The van der Waals surface area contributed by atoms with Gasteiger partial charge in [-0.25, -0.2) is 0 Å². The number of carboxylic acids is 1. The number of nitrogens with zero attached hydrogens (tertiary/aromatic N) is 1. The minimum absolute atomic E-state index is 0. The fourth-order valence-electron chi connectivity index (χ4n) is 1.98. The number of halogens is 1. The number of ether oxygens (including phenoxy) is 1. The Bertz CT molecular complexity index is 488. The molecule has 0 radical (unpaired) electrons. The molecule has 0 aliphatic carbocycles. The van der Waals surface area contributed by atoms with Crippen LogP contribution in [-0.4, -0.2) is 53.1 Å². The number of hydrogen-bond donors (Lipinski definition) is 1. The molecule has 0 aromatic heterocycles. The van der Waals surface area contributed by atoms with Crippen LogP contribution >= 0.6 is 11.6 Å². The van der Waals surface area contributed by atoms with E-state index in [9.17, 15) is 24.3 Å². The van der Waals surface area contributed by atoms with Crippen molar-refractivity contribution in [1.82, 2.24) is 10.4 Å². The number of carboxylic acid groups (broad SMARTS) is 1. The van der Waals surface area contributed by atoms with E-state index in [1.807, 2.05) is 0 Å². The molecular formula is C10H10ClN2NaO7. The molecule has 2 rings (SSSR count). The number of esters is 1. The van der Waals surface area contributed by atoms with E-state index in [1.54, 1.807) is 0 Å². The summed E-state index contributed by atoms with van der Waals surface area (Å²) in [5.41, 5.74) is -2.28. The molecule has 2 amide bonds. The number of rotatable bonds is 4. The van der Waals surface area contributed by atoms with Crippen molar-refractivity contribution < 1.29 is 63.4 Å². The van der Waals surface area contributed by atoms with Gasteiger partial charge < -0.3 is 20.0 Å². The topological polar surface area (TPSA) is 125 Å². The van der Waals surface area contributed by atoms with E-state index in [2.05, 4.69) is 10.1 Å². The molecule has 0 aromatic rings. The van der Waals surface area contributed by atoms with Crippen LogP contribution in [0.1, 0.15) is 12.8 Å². The molecule has 11 heteroatoms. The zero-order chi connectivity index (χ0) is 14.9. The van der Waals surface area contributed by atoms with Gasteiger partial charge in [0.15, 0.2) is 0 Å². The molecule has 0 spiro atoms. The summed E-state index contributed by atoms with van der Waals surface area (Å²) in [6.07, 6.45) is -0.462. The molecule has 0 aromatic carbocycles. The molecule has 0 bridgehead atoms. The second kappa shape index (κ2) is 6.93. The molecular weight excluding hydrogens is 319 g/mol. The first-order valence-electron chi connectivity index (χ1n) is 5.66. The minimum atomic E-state index is -2.28. The largest absolute Gasteiger partial charge is 1.00 e. The number of alkyl halides is 1. The number of hydroxylamine groups is 2. The van der Waals surface area contributed by atoms with Gasteiger partial charge in [-0.15, -0.1) is 11.6 Å². The van der Waals surface area contributed by atoms with E-state index in [4.69, 9.17) is 16.4 Å². The van der Waals surface area contributed by atoms with Crippen molar-refractivity contribution in [3.05, 3.63) is 0 Å². The third kappa shape index (κ3) is 3.32. The van der Waals surface area contributed by atoms with Crippen molar-refractivity contribution in [2.24, 2.45) is 0 Å². The fourth-order valence-corrected chi connectivity index (χ4v) is 2.05. The third-order valence-corrected chi connectivity index (χ3v) is 3.17. The van der Waals surface area contributed by atoms with E-state index in [-0.39, 0.29) is 54.9 Å². The Balaban J connectivity index is 0.00000220. The molecule has 21 heavy (non-hydrogen) atoms. The van der Waals surface area contributed by atoms with Crippen LogP contribution in [0.4, 0.5) is 0 Å². The number of aliphatic carboxylic acids is 1. The van der Waals surface area contributed by atoms with Crippen molar-refractivity contribution in [1.29, 1.82) is 0 Å². The standard InChI is InChI=1S/C10H11ClN2O7.Na/c11-3-6(14)12-5-4-19-13(8(5)16)10(9(17)18)2-1-7(15)20-10;/h5H,1-4H2,(H,12,14)(H,17,18);/q;+1/p-1/t5-,10?;/m0./s1. The smallest absolute Gasteiger partial charge is 0.544 e. The minimum Gasteiger partial charge on any atom is -0.544 e. The Hall–Kier alpha value is -0.870. The number of carbonyl (C=O) groups is 4. The molecule has 2 atom stereocenters. The molecule has 9 nitrogen and oxygen atoms in total. The van der Waals surface area contributed by atoms with Crippen LogP contribution in [0, 0.1) is 0 Å². The fraction of sp³-hybridized carbons (Fsp3) is 0.600. The van der Waals surface area contributed by atoms with Crippen LogP contribution in [0.25, 0.3) is 0 Å². The number of cyclic esters (lactones) is 1. The quantitative estimate of drug-likeness (QED) is 0.310. The average Bonchev–Trinajstić information content (AvgIpc) is 2.95. The molecule has 2 aliphatic rings. The van der Waals surface area contributed by atoms with Gasteiger partial charge in [0.2, 0.25) is 5.91 Å². The summed E-state index contributed by atoms with van der Waals surface area (Å²) < 4.78 is 4.68. The average molecular weight is 329 g/mol. The van der Waals surface area contributed by atoms with Crippen LogP contribution in [0.5, 0.6) is 0 Å². The first-order chi connectivity index (χ1) is 9.40. The van der Waals surface area contributed by atoms with Gasteiger partial charge in [0.25, 0.3) is 11.6 Å². The van der Waals surface area contributed by atoms with Crippen molar-refractivity contribution in [3.8, 4) is 0 Å². The first kappa shape index (κ1) is 18.2. The Morgan fingerprint density at radius 2 is 2.14 bits per heavy atom. The van der Waals surface area contributed by atoms with Crippen molar-refractivity contribution in [2.75, 3.05) is 12.5 Å². The summed E-state index contributed by atoms with van der Waals surface area (Å²) in [6, 6.07) is -1.09. The molecule has 2 aliphatic heterocycles. The van der Waals surface area contributed by atoms with E-state index >= 15 is 0 Å². The first-order valence-corrected chi connectivity index (χ1v) is 6.20. The molecule has 1 N–H and O–H groups in total. The van der Waals surface area contributed by atoms with Gasteiger partial charge in [-0.05, 0) is 0 Å². The van der Waals surface area contributed by atoms with Crippen LogP contribution in [-0.2, 0) is 28.8 Å². The van der Waals surface area contributed by atoms with E-state index in [0.717, 1.165) is 0 Å². The molecule has 2 heterocycles. The van der Waals surface area contributed by atoms with Gasteiger partial charge in [0, 0.05) is 6.42 Å². The van der Waals surface area contributed by atoms with E-state index < -0.39 is 35.5 Å². The maximum absolute atomic E-state index is 12.0. The molecule has 0 saturated carbocycles. The summed E-state index contributed by atoms with van der Waals surface area (Å²) in [5, 5.41) is 13.9. The Morgan fingerprint density at radius 1 is 1.48 bits per heavy atom. The summed E-state index contributed by atoms with van der Waals surface area (Å²) >= 11 is 5.29. The van der Waals surface area contributed by atoms with Gasteiger partial charge in [-0.1, -0.05) is 0 Å². The van der Waals surface area contributed by atoms with Gasteiger partial charge in [-0.2, -0.15) is 5.06 Å². The van der Waals surface area contributed by atoms with E-state index in [0.29, 0.717) is 5.06 Å². The number of carbonyl (C=O) groups excluding carboxylic acids is 4. The van der Waals surface area contributed by atoms with Crippen molar-refractivity contribution in [2.45, 2.75) is 24.6 Å². The van der Waals surface area contributed by atoms with Crippen LogP contribution < -0.4 is 40.0 Å². The molecule has 1 unspecified atom stereocenters. The maximum Gasteiger partial charge on any atom is 1.00 e. The monoisotopic (exact) mass is 328 g/mol. The Labute approximate surface area is 146 Å². The van der Waals surface area contributed by atoms with Gasteiger partial charge in [0.05, 0.1) is 6.42 Å². The second-order valence-electron chi connectivity index (χ2n) is 4.23. The predicted molar refractivity (Wildman–Crippen MR) is 58.5 cm³/mol. The maximum atomic E-state index is 12.0. The number of amides is 2. The zero-order valence-corrected chi connectivity index (χ0v) is 13.8. The Morgan fingerprint density at radius 3 is 2.62 bits per heavy atom. The molecule has 2 fully saturated rings. The zero-order valence-electron chi connectivity index (χ0n) is 11.1. The molecule has 2 saturated heterocycles. The summed E-state index contributed by atoms with van der Waals surface area (Å²) in [4.78, 5) is 50.4. The van der Waals surface area contributed by atoms with Gasteiger partial charge in [0.1, 0.15) is 24.5 Å². The number of nitrogens with one attached hydrogen (secondary N) is 1. The van der Waals surface area contributed by atoms with Crippen molar-refractivity contribution in [3.63, 3.8) is 0 Å². The Kier molecular flexibility index (Phi) is 6.00. The number of hydrogen-bond acceptors (Lipinski definition) is 7. The van der Waals surface area contributed by atoms with Crippen LogP contribution in [0.2, 0.25) is 0 Å². The SMILES string of the molecule is O=C(CCl)N[C@H]1CON(C2(C(=O)[O-])CCC(=O)O2)C1=O.[Na+].